The molecule has 2 aliphatic heterocycles. The normalized spacial score (nSPS) is 19.3. The molecule has 1 N–H and O–H groups in total. The number of aryl methyl sites for hydroxylation is 1. The van der Waals surface area contributed by atoms with Crippen LogP contribution in [-0.4, -0.2) is 64.7 Å². The molecule has 0 spiro atoms. The maximum Gasteiger partial charge on any atom is 0.254 e. The SMILES string of the molecule is CCOc1ccccc1N1CC(C(=O)N2CCC(NC(=O)c3cnn(C)c3)CC2)CC1=O. The highest BCUT2D eigenvalue weighted by Crippen LogP contribution is 2.33. The highest BCUT2D eigenvalue weighted by molar-refractivity contribution is 6.01. The number of amides is 3. The van der Waals surface area contributed by atoms with Crippen LogP contribution in [0.3, 0.4) is 0 Å². The van der Waals surface area contributed by atoms with Crippen molar-refractivity contribution in [2.45, 2.75) is 32.2 Å². The van der Waals surface area contributed by atoms with Crippen molar-refractivity contribution in [3.63, 3.8) is 0 Å². The number of nitrogens with one attached hydrogen (secondary N) is 1. The first-order chi connectivity index (χ1) is 15.5. The highest BCUT2D eigenvalue weighted by Gasteiger charge is 2.39. The number of carbonyl (C=O) groups excluding carboxylic acids is 3. The standard InChI is InChI=1S/C23H29N5O4/c1-3-32-20-7-5-4-6-19(20)28-15-16(12-21(28)29)23(31)27-10-8-18(9-11-27)25-22(30)17-13-24-26(2)14-17/h4-7,13-14,16,18H,3,8-12,15H2,1-2H3,(H,25,30). The average molecular weight is 440 g/mol. The second kappa shape index (κ2) is 9.42. The number of para-hydroxylation sites is 2. The Morgan fingerprint density at radius 2 is 1.97 bits per heavy atom. The number of likely N-dealkylation sites (tertiary alicyclic amines) is 1. The van der Waals surface area contributed by atoms with Crippen molar-refractivity contribution in [2.24, 2.45) is 13.0 Å². The van der Waals surface area contributed by atoms with Gasteiger partial charge in [0.25, 0.3) is 5.91 Å². The molecule has 2 fully saturated rings. The minimum Gasteiger partial charge on any atom is -0.492 e. The zero-order valence-corrected chi connectivity index (χ0v) is 18.5. The number of nitrogens with zero attached hydrogens (tertiary/aromatic N) is 4. The van der Waals surface area contributed by atoms with Gasteiger partial charge in [-0.3, -0.25) is 19.1 Å². The fourth-order valence-electron chi connectivity index (χ4n) is 4.37. The van der Waals surface area contributed by atoms with Crippen LogP contribution in [0.25, 0.3) is 0 Å². The quantitative estimate of drug-likeness (QED) is 0.737. The molecule has 170 valence electrons. The average Bonchev–Trinajstić information content (AvgIpc) is 3.40. The van der Waals surface area contributed by atoms with Crippen molar-refractivity contribution in [3.05, 3.63) is 42.2 Å². The van der Waals surface area contributed by atoms with Crippen LogP contribution >= 0.6 is 0 Å². The summed E-state index contributed by atoms with van der Waals surface area (Å²) in [5.41, 5.74) is 1.24. The largest absolute Gasteiger partial charge is 0.492 e. The molecule has 4 rings (SSSR count). The van der Waals surface area contributed by atoms with E-state index in [1.54, 1.807) is 29.0 Å². The van der Waals surface area contributed by atoms with E-state index in [0.29, 0.717) is 56.1 Å². The van der Waals surface area contributed by atoms with Gasteiger partial charge in [0.2, 0.25) is 11.8 Å². The molecule has 2 aromatic rings. The number of aromatic nitrogens is 2. The van der Waals surface area contributed by atoms with E-state index in [1.165, 1.54) is 0 Å². The van der Waals surface area contributed by atoms with E-state index in [0.717, 1.165) is 0 Å². The summed E-state index contributed by atoms with van der Waals surface area (Å²) >= 11 is 0. The highest BCUT2D eigenvalue weighted by atomic mass is 16.5. The van der Waals surface area contributed by atoms with Gasteiger partial charge in [-0.15, -0.1) is 0 Å². The van der Waals surface area contributed by atoms with E-state index < -0.39 is 0 Å². The lowest BCUT2D eigenvalue weighted by Gasteiger charge is -2.33. The summed E-state index contributed by atoms with van der Waals surface area (Å²) in [6.07, 6.45) is 4.81. The molecule has 2 aliphatic rings. The molecule has 3 amide bonds. The number of ether oxygens (including phenoxy) is 1. The van der Waals surface area contributed by atoms with Crippen molar-refractivity contribution >= 4 is 23.4 Å². The van der Waals surface area contributed by atoms with Crippen LogP contribution in [0.15, 0.2) is 36.7 Å². The third-order valence-corrected chi connectivity index (χ3v) is 6.04. The number of anilines is 1. The molecule has 1 aromatic carbocycles. The predicted molar refractivity (Wildman–Crippen MR) is 118 cm³/mol. The number of benzene rings is 1. The summed E-state index contributed by atoms with van der Waals surface area (Å²) in [5, 5.41) is 7.05. The Hall–Kier alpha value is -3.36. The minimum absolute atomic E-state index is 0.00627. The summed E-state index contributed by atoms with van der Waals surface area (Å²) < 4.78 is 7.25. The van der Waals surface area contributed by atoms with Gasteiger partial charge < -0.3 is 19.9 Å². The Labute approximate surface area is 187 Å². The molecular weight excluding hydrogens is 410 g/mol. The van der Waals surface area contributed by atoms with Crippen LogP contribution in [0.4, 0.5) is 5.69 Å². The van der Waals surface area contributed by atoms with Crippen LogP contribution < -0.4 is 15.0 Å². The third-order valence-electron chi connectivity index (χ3n) is 6.04. The van der Waals surface area contributed by atoms with E-state index in [-0.39, 0.29) is 36.1 Å². The Morgan fingerprint density at radius 1 is 1.22 bits per heavy atom. The lowest BCUT2D eigenvalue weighted by atomic mass is 10.0. The fraction of sp³-hybridized carbons (Fsp3) is 0.478. The van der Waals surface area contributed by atoms with Gasteiger partial charge in [-0.05, 0) is 31.9 Å². The first-order valence-corrected chi connectivity index (χ1v) is 11.1. The molecule has 2 saturated heterocycles. The monoisotopic (exact) mass is 439 g/mol. The van der Waals surface area contributed by atoms with Gasteiger partial charge in [0, 0.05) is 45.3 Å². The van der Waals surface area contributed by atoms with E-state index >= 15 is 0 Å². The molecule has 1 unspecified atom stereocenters. The van der Waals surface area contributed by atoms with Gasteiger partial charge in [-0.1, -0.05) is 12.1 Å². The third kappa shape index (κ3) is 4.61. The van der Waals surface area contributed by atoms with Crippen molar-refractivity contribution < 1.29 is 19.1 Å². The lowest BCUT2D eigenvalue weighted by molar-refractivity contribution is -0.136. The molecule has 0 radical (unpaired) electrons. The summed E-state index contributed by atoms with van der Waals surface area (Å²) in [7, 11) is 1.77. The molecule has 9 heteroatoms. The number of piperidine rings is 1. The first-order valence-electron chi connectivity index (χ1n) is 11.1. The molecule has 3 heterocycles. The van der Waals surface area contributed by atoms with E-state index in [9.17, 15) is 14.4 Å². The zero-order valence-electron chi connectivity index (χ0n) is 18.5. The number of hydrogen-bond donors (Lipinski definition) is 1. The van der Waals surface area contributed by atoms with Gasteiger partial charge >= 0.3 is 0 Å². The molecule has 1 aromatic heterocycles. The smallest absolute Gasteiger partial charge is 0.254 e. The zero-order chi connectivity index (χ0) is 22.7. The lowest BCUT2D eigenvalue weighted by Crippen LogP contribution is -2.48. The van der Waals surface area contributed by atoms with Crippen molar-refractivity contribution in [1.82, 2.24) is 20.0 Å². The summed E-state index contributed by atoms with van der Waals surface area (Å²) in [6.45, 7) is 3.90. The van der Waals surface area contributed by atoms with Gasteiger partial charge in [0.05, 0.1) is 30.0 Å². The molecule has 0 bridgehead atoms. The van der Waals surface area contributed by atoms with E-state index in [2.05, 4.69) is 10.4 Å². The topological polar surface area (TPSA) is 96.8 Å². The molecule has 1 atom stereocenters. The van der Waals surface area contributed by atoms with Crippen LogP contribution in [0.5, 0.6) is 5.75 Å². The van der Waals surface area contributed by atoms with Crippen LogP contribution in [0.2, 0.25) is 0 Å². The first kappa shape index (κ1) is 21.9. The van der Waals surface area contributed by atoms with Crippen LogP contribution in [0, 0.1) is 5.92 Å². The second-order valence-corrected chi connectivity index (χ2v) is 8.28. The van der Waals surface area contributed by atoms with Crippen LogP contribution in [-0.2, 0) is 16.6 Å². The maximum atomic E-state index is 13.1. The summed E-state index contributed by atoms with van der Waals surface area (Å²) in [4.78, 5) is 41.6. The molecule has 0 aliphatic carbocycles. The van der Waals surface area contributed by atoms with Crippen molar-refractivity contribution in [1.29, 1.82) is 0 Å². The molecule has 0 saturated carbocycles. The number of rotatable bonds is 6. The van der Waals surface area contributed by atoms with Gasteiger partial charge in [0.15, 0.2) is 0 Å². The summed E-state index contributed by atoms with van der Waals surface area (Å²) in [5.74, 6) is 0.0918. The van der Waals surface area contributed by atoms with Crippen molar-refractivity contribution in [3.8, 4) is 5.75 Å². The van der Waals surface area contributed by atoms with Crippen LogP contribution in [0.1, 0.15) is 36.5 Å². The van der Waals surface area contributed by atoms with Gasteiger partial charge in [-0.25, -0.2) is 0 Å². The Bertz CT molecular complexity index is 996. The number of hydrogen-bond acceptors (Lipinski definition) is 5. The predicted octanol–water partition coefficient (Wildman–Crippen LogP) is 1.59. The summed E-state index contributed by atoms with van der Waals surface area (Å²) in [6, 6.07) is 7.45. The Balaban J connectivity index is 1.32. The van der Waals surface area contributed by atoms with Crippen molar-refractivity contribution in [2.75, 3.05) is 31.1 Å². The maximum absolute atomic E-state index is 13.1. The fourth-order valence-corrected chi connectivity index (χ4v) is 4.37. The van der Waals surface area contributed by atoms with Gasteiger partial charge in [0.1, 0.15) is 5.75 Å². The number of carbonyl (C=O) groups is 3. The molecule has 9 nitrogen and oxygen atoms in total. The van der Waals surface area contributed by atoms with E-state index in [4.69, 9.17) is 4.74 Å². The Kier molecular flexibility index (Phi) is 6.43. The second-order valence-electron chi connectivity index (χ2n) is 8.28. The Morgan fingerprint density at radius 3 is 2.66 bits per heavy atom. The van der Waals surface area contributed by atoms with Gasteiger partial charge in [-0.2, -0.15) is 5.10 Å². The molecular formula is C23H29N5O4. The van der Waals surface area contributed by atoms with E-state index in [1.807, 2.05) is 36.1 Å². The molecule has 32 heavy (non-hydrogen) atoms. The minimum atomic E-state index is -0.362.